The molecular weight excluding hydrogens is 276 g/mol. The lowest BCUT2D eigenvalue weighted by atomic mass is 9.76. The second kappa shape index (κ2) is 5.40. The number of anilines is 2. The zero-order valence-electron chi connectivity index (χ0n) is 12.9. The lowest BCUT2D eigenvalue weighted by Gasteiger charge is -2.29. The van der Waals surface area contributed by atoms with Crippen molar-refractivity contribution in [3.63, 3.8) is 0 Å². The molecule has 22 heavy (non-hydrogen) atoms. The van der Waals surface area contributed by atoms with Crippen LogP contribution in [0.15, 0.2) is 30.3 Å². The zero-order valence-corrected chi connectivity index (χ0v) is 12.9. The average molecular weight is 296 g/mol. The summed E-state index contributed by atoms with van der Waals surface area (Å²) in [6.45, 7) is 4.77. The third kappa shape index (κ3) is 2.93. The number of nitrogens with zero attached hydrogens (tertiary/aromatic N) is 2. The second-order valence-electron chi connectivity index (χ2n) is 6.53. The topological polar surface area (TPSA) is 80.9 Å². The monoisotopic (exact) mass is 296 g/mol. The van der Waals surface area contributed by atoms with Gasteiger partial charge in [-0.25, -0.2) is 4.98 Å². The van der Waals surface area contributed by atoms with Crippen LogP contribution in [-0.4, -0.2) is 15.8 Å². The number of hydrogen-bond donors (Lipinski definition) is 2. The number of hydrogen-bond acceptors (Lipinski definition) is 5. The van der Waals surface area contributed by atoms with E-state index in [0.29, 0.717) is 24.5 Å². The quantitative estimate of drug-likeness (QED) is 0.910. The van der Waals surface area contributed by atoms with Gasteiger partial charge in [0.25, 0.3) is 0 Å². The molecule has 2 aromatic rings. The van der Waals surface area contributed by atoms with Crippen LogP contribution in [0.1, 0.15) is 41.9 Å². The number of fused-ring (bicyclic) bond motifs is 1. The summed E-state index contributed by atoms with van der Waals surface area (Å²) in [4.78, 5) is 21.0. The van der Waals surface area contributed by atoms with E-state index in [-0.39, 0.29) is 17.0 Å². The van der Waals surface area contributed by atoms with Crippen molar-refractivity contribution in [3.8, 4) is 0 Å². The summed E-state index contributed by atoms with van der Waals surface area (Å²) < 4.78 is 0. The molecule has 3 rings (SSSR count). The van der Waals surface area contributed by atoms with Gasteiger partial charge < -0.3 is 11.1 Å². The van der Waals surface area contributed by atoms with Gasteiger partial charge in [-0.3, -0.25) is 4.79 Å². The van der Waals surface area contributed by atoms with E-state index in [9.17, 15) is 4.79 Å². The number of nitrogens with two attached hydrogens (primary N) is 1. The van der Waals surface area contributed by atoms with Gasteiger partial charge in [-0.2, -0.15) is 4.98 Å². The molecule has 5 nitrogen and oxygen atoms in total. The third-order valence-electron chi connectivity index (χ3n) is 3.87. The summed E-state index contributed by atoms with van der Waals surface area (Å²) >= 11 is 0. The molecule has 0 radical (unpaired) electrons. The van der Waals surface area contributed by atoms with Crippen molar-refractivity contribution in [2.75, 3.05) is 11.1 Å². The Morgan fingerprint density at radius 2 is 1.91 bits per heavy atom. The van der Waals surface area contributed by atoms with Crippen molar-refractivity contribution in [2.24, 2.45) is 5.41 Å². The average Bonchev–Trinajstić information content (AvgIpc) is 2.44. The van der Waals surface area contributed by atoms with Crippen molar-refractivity contribution in [3.05, 3.63) is 47.2 Å². The summed E-state index contributed by atoms with van der Waals surface area (Å²) in [5.41, 5.74) is 8.29. The van der Waals surface area contributed by atoms with Crippen LogP contribution in [0.25, 0.3) is 0 Å². The third-order valence-corrected chi connectivity index (χ3v) is 3.87. The van der Waals surface area contributed by atoms with Gasteiger partial charge in [-0.15, -0.1) is 0 Å². The molecule has 1 heterocycles. The number of benzene rings is 1. The number of carbonyl (C=O) groups is 1. The molecule has 0 saturated carbocycles. The van der Waals surface area contributed by atoms with E-state index in [0.717, 1.165) is 17.7 Å². The minimum Gasteiger partial charge on any atom is -0.383 e. The van der Waals surface area contributed by atoms with Gasteiger partial charge >= 0.3 is 0 Å². The number of nitrogens with one attached hydrogen (secondary N) is 1. The normalized spacial score (nSPS) is 16.2. The summed E-state index contributed by atoms with van der Waals surface area (Å²) in [5.74, 6) is 0.796. The fourth-order valence-electron chi connectivity index (χ4n) is 2.85. The molecule has 1 aromatic heterocycles. The Bertz CT molecular complexity index is 710. The van der Waals surface area contributed by atoms with Gasteiger partial charge in [0, 0.05) is 13.0 Å². The Morgan fingerprint density at radius 1 is 1.18 bits per heavy atom. The minimum absolute atomic E-state index is 0.0401. The maximum Gasteiger partial charge on any atom is 0.225 e. The highest BCUT2D eigenvalue weighted by molar-refractivity contribution is 6.02. The second-order valence-corrected chi connectivity index (χ2v) is 6.53. The highest BCUT2D eigenvalue weighted by Crippen LogP contribution is 2.35. The van der Waals surface area contributed by atoms with Crippen molar-refractivity contribution < 1.29 is 4.79 Å². The molecule has 5 heteroatoms. The van der Waals surface area contributed by atoms with Crippen molar-refractivity contribution in [1.82, 2.24) is 9.97 Å². The summed E-state index contributed by atoms with van der Waals surface area (Å²) in [7, 11) is 0. The summed E-state index contributed by atoms with van der Waals surface area (Å²) in [6.07, 6.45) is 1.23. The van der Waals surface area contributed by atoms with Crippen molar-refractivity contribution in [2.45, 2.75) is 33.2 Å². The Balaban J connectivity index is 1.86. The summed E-state index contributed by atoms with van der Waals surface area (Å²) in [6, 6.07) is 10.0. The predicted octanol–water partition coefficient (Wildman–Crippen LogP) is 2.83. The molecule has 114 valence electrons. The zero-order chi connectivity index (χ0) is 15.7. The molecule has 1 aliphatic carbocycles. The van der Waals surface area contributed by atoms with Crippen LogP contribution in [0.4, 0.5) is 11.8 Å². The number of Topliss-reactive ketones (excluding diaryl/α,β-unsaturated/α-hetero) is 1. The fourth-order valence-corrected chi connectivity index (χ4v) is 2.85. The van der Waals surface area contributed by atoms with Crippen LogP contribution in [0.3, 0.4) is 0 Å². The first-order valence-corrected chi connectivity index (χ1v) is 7.42. The molecule has 0 atom stereocenters. The molecule has 1 aromatic carbocycles. The molecule has 0 saturated heterocycles. The van der Waals surface area contributed by atoms with E-state index in [2.05, 4.69) is 29.1 Å². The van der Waals surface area contributed by atoms with Crippen molar-refractivity contribution >= 4 is 17.5 Å². The lowest BCUT2D eigenvalue weighted by molar-refractivity contribution is 0.0911. The molecule has 0 unspecified atom stereocenters. The highest BCUT2D eigenvalue weighted by atomic mass is 16.1. The van der Waals surface area contributed by atoms with Crippen LogP contribution in [-0.2, 0) is 13.0 Å². The first-order chi connectivity index (χ1) is 10.4. The SMILES string of the molecule is CC1(C)CC(=O)c2c(N)nc(NCc3ccccc3)nc2C1. The molecule has 3 N–H and O–H groups in total. The van der Waals surface area contributed by atoms with E-state index >= 15 is 0 Å². The van der Waals surface area contributed by atoms with E-state index in [1.807, 2.05) is 30.3 Å². The minimum atomic E-state index is -0.0818. The fraction of sp³-hybridized carbons (Fsp3) is 0.353. The van der Waals surface area contributed by atoms with Crippen LogP contribution in [0, 0.1) is 5.41 Å². The van der Waals surface area contributed by atoms with E-state index in [1.165, 1.54) is 0 Å². The molecule has 0 bridgehead atoms. The van der Waals surface area contributed by atoms with Gasteiger partial charge in [0.1, 0.15) is 5.82 Å². The van der Waals surface area contributed by atoms with Crippen LogP contribution in [0.5, 0.6) is 0 Å². The van der Waals surface area contributed by atoms with Gasteiger partial charge in [0.05, 0.1) is 11.3 Å². The molecule has 1 aliphatic rings. The Hall–Kier alpha value is -2.43. The first kappa shape index (κ1) is 14.5. The van der Waals surface area contributed by atoms with Crippen molar-refractivity contribution in [1.29, 1.82) is 0 Å². The largest absolute Gasteiger partial charge is 0.383 e. The Kier molecular flexibility index (Phi) is 3.56. The number of nitrogen functional groups attached to an aromatic ring is 1. The lowest BCUT2D eigenvalue weighted by Crippen LogP contribution is -2.29. The smallest absolute Gasteiger partial charge is 0.225 e. The molecule has 0 amide bonds. The van der Waals surface area contributed by atoms with E-state index in [1.54, 1.807) is 0 Å². The Morgan fingerprint density at radius 3 is 2.64 bits per heavy atom. The van der Waals surface area contributed by atoms with Crippen LogP contribution >= 0.6 is 0 Å². The number of carbonyl (C=O) groups excluding carboxylic acids is 1. The predicted molar refractivity (Wildman–Crippen MR) is 86.6 cm³/mol. The van der Waals surface area contributed by atoms with Gasteiger partial charge in [0.15, 0.2) is 5.78 Å². The van der Waals surface area contributed by atoms with Gasteiger partial charge in [-0.05, 0) is 17.4 Å². The maximum atomic E-state index is 12.2. The molecule has 0 aliphatic heterocycles. The molecular formula is C17H20N4O. The molecule has 0 fully saturated rings. The number of ketones is 1. The summed E-state index contributed by atoms with van der Waals surface area (Å²) in [5, 5.41) is 3.18. The van der Waals surface area contributed by atoms with Crippen LogP contribution < -0.4 is 11.1 Å². The highest BCUT2D eigenvalue weighted by Gasteiger charge is 2.34. The van der Waals surface area contributed by atoms with Gasteiger partial charge in [0.2, 0.25) is 5.95 Å². The molecule has 0 spiro atoms. The Labute approximate surface area is 130 Å². The van der Waals surface area contributed by atoms with E-state index in [4.69, 9.17) is 5.73 Å². The number of rotatable bonds is 3. The van der Waals surface area contributed by atoms with E-state index < -0.39 is 0 Å². The standard InChI is InChI=1S/C17H20N4O/c1-17(2)8-12-14(13(22)9-17)15(18)21-16(20-12)19-10-11-6-4-3-5-7-11/h3-7H,8-10H2,1-2H3,(H3,18,19,20,21). The van der Waals surface area contributed by atoms with Gasteiger partial charge in [-0.1, -0.05) is 44.2 Å². The number of aromatic nitrogens is 2. The van der Waals surface area contributed by atoms with Crippen LogP contribution in [0.2, 0.25) is 0 Å². The first-order valence-electron chi connectivity index (χ1n) is 7.42. The maximum absolute atomic E-state index is 12.2.